The van der Waals surface area contributed by atoms with Gasteiger partial charge in [0.15, 0.2) is 0 Å². The molecule has 0 fully saturated rings. The van der Waals surface area contributed by atoms with Crippen LogP contribution in [0.15, 0.2) is 77.7 Å². The van der Waals surface area contributed by atoms with Crippen LogP contribution in [0.1, 0.15) is 11.4 Å². The van der Waals surface area contributed by atoms with Gasteiger partial charge in [0.05, 0.1) is 33.2 Å². The number of sulfonamides is 1. The maximum absolute atomic E-state index is 13.4. The predicted molar refractivity (Wildman–Crippen MR) is 131 cm³/mol. The van der Waals surface area contributed by atoms with Gasteiger partial charge in [-0.1, -0.05) is 18.2 Å². The van der Waals surface area contributed by atoms with Crippen molar-refractivity contribution in [3.05, 3.63) is 84.2 Å². The number of fused-ring (bicyclic) bond motifs is 1. The van der Waals surface area contributed by atoms with Crippen LogP contribution in [0.4, 0.5) is 5.69 Å². The molecule has 34 heavy (non-hydrogen) atoms. The lowest BCUT2D eigenvalue weighted by Crippen LogP contribution is -2.36. The average molecular weight is 476 g/mol. The van der Waals surface area contributed by atoms with Gasteiger partial charge in [0.1, 0.15) is 18.2 Å². The number of imidazole rings is 1. The second-order valence-electron chi connectivity index (χ2n) is 8.00. The van der Waals surface area contributed by atoms with Crippen molar-refractivity contribution in [1.82, 2.24) is 14.9 Å². The highest BCUT2D eigenvalue weighted by Crippen LogP contribution is 2.27. The van der Waals surface area contributed by atoms with Crippen LogP contribution in [0, 0.1) is 11.3 Å². The summed E-state index contributed by atoms with van der Waals surface area (Å²) in [5, 5.41) is 8.90. The number of benzene rings is 3. The minimum Gasteiger partial charge on any atom is -0.486 e. The number of aromatic nitrogens is 2. The molecule has 0 spiro atoms. The molecule has 0 bridgehead atoms. The average Bonchev–Trinajstić information content (AvgIpc) is 3.26. The molecule has 0 aliphatic rings. The monoisotopic (exact) mass is 475 g/mol. The third-order valence-corrected chi connectivity index (χ3v) is 7.08. The molecule has 0 amide bonds. The van der Waals surface area contributed by atoms with E-state index in [0.29, 0.717) is 46.9 Å². The first-order valence-electron chi connectivity index (χ1n) is 10.7. The SMILES string of the molecule is CN(C)CCN(c1ccc2nc(COc3ccc(C#N)cc3)[nH]c2c1)S(=O)(=O)c1ccccc1. The standard InChI is InChI=1S/C25H25N5O3S/c1-29(2)14-15-30(34(31,32)22-6-4-3-5-7-22)20-10-13-23-24(16-20)28-25(27-23)18-33-21-11-8-19(17-26)9-12-21/h3-13,16H,14-15,18H2,1-2H3,(H,27,28). The van der Waals surface area contributed by atoms with Crippen LogP contribution in [-0.4, -0.2) is 50.5 Å². The van der Waals surface area contributed by atoms with Crippen molar-refractivity contribution in [3.8, 4) is 11.8 Å². The number of hydrogen-bond donors (Lipinski definition) is 1. The molecular weight excluding hydrogens is 450 g/mol. The van der Waals surface area contributed by atoms with E-state index in [1.807, 2.05) is 19.0 Å². The summed E-state index contributed by atoms with van der Waals surface area (Å²) in [5.41, 5.74) is 2.55. The lowest BCUT2D eigenvalue weighted by Gasteiger charge is -2.26. The van der Waals surface area contributed by atoms with Gasteiger partial charge < -0.3 is 14.6 Å². The number of nitriles is 1. The first-order valence-corrected chi connectivity index (χ1v) is 12.1. The van der Waals surface area contributed by atoms with E-state index in [0.717, 1.165) is 0 Å². The summed E-state index contributed by atoms with van der Waals surface area (Å²) in [6.45, 7) is 1.08. The zero-order valence-corrected chi connectivity index (χ0v) is 19.8. The lowest BCUT2D eigenvalue weighted by atomic mass is 10.2. The smallest absolute Gasteiger partial charge is 0.264 e. The minimum absolute atomic E-state index is 0.211. The zero-order chi connectivity index (χ0) is 24.1. The fraction of sp³-hybridized carbons (Fsp3) is 0.200. The topological polar surface area (TPSA) is 102 Å². The maximum Gasteiger partial charge on any atom is 0.264 e. The number of nitrogens with zero attached hydrogens (tertiary/aromatic N) is 4. The first-order chi connectivity index (χ1) is 16.4. The van der Waals surface area contributed by atoms with Gasteiger partial charge in [0.2, 0.25) is 0 Å². The van der Waals surface area contributed by atoms with Crippen LogP contribution in [-0.2, 0) is 16.6 Å². The second kappa shape index (κ2) is 9.95. The molecule has 0 radical (unpaired) electrons. The van der Waals surface area contributed by atoms with Crippen LogP contribution in [0.25, 0.3) is 11.0 Å². The molecular formula is C25H25N5O3S. The summed E-state index contributed by atoms with van der Waals surface area (Å²) >= 11 is 0. The Hall–Kier alpha value is -3.87. The summed E-state index contributed by atoms with van der Waals surface area (Å²) < 4.78 is 34.1. The molecule has 0 aliphatic carbocycles. The molecule has 174 valence electrons. The largest absolute Gasteiger partial charge is 0.486 e. The van der Waals surface area contributed by atoms with Gasteiger partial charge >= 0.3 is 0 Å². The lowest BCUT2D eigenvalue weighted by molar-refractivity contribution is 0.297. The normalized spacial score (nSPS) is 11.5. The molecule has 1 heterocycles. The van der Waals surface area contributed by atoms with Crippen LogP contribution in [0.5, 0.6) is 5.75 Å². The number of ether oxygens (including phenoxy) is 1. The molecule has 0 aliphatic heterocycles. The second-order valence-corrected chi connectivity index (χ2v) is 9.87. The van der Waals surface area contributed by atoms with Crippen LogP contribution in [0.3, 0.4) is 0 Å². The fourth-order valence-electron chi connectivity index (χ4n) is 3.45. The van der Waals surface area contributed by atoms with E-state index in [1.165, 1.54) is 4.31 Å². The van der Waals surface area contributed by atoms with Gasteiger partial charge in [-0.25, -0.2) is 13.4 Å². The van der Waals surface area contributed by atoms with E-state index in [4.69, 9.17) is 10.00 Å². The Morgan fingerprint density at radius 1 is 1.00 bits per heavy atom. The van der Waals surface area contributed by atoms with Gasteiger partial charge in [-0.3, -0.25) is 4.31 Å². The molecule has 0 saturated carbocycles. The van der Waals surface area contributed by atoms with Gasteiger partial charge in [-0.2, -0.15) is 5.26 Å². The highest BCUT2D eigenvalue weighted by Gasteiger charge is 2.25. The summed E-state index contributed by atoms with van der Waals surface area (Å²) in [6.07, 6.45) is 0. The molecule has 1 N–H and O–H groups in total. The number of rotatable bonds is 9. The third kappa shape index (κ3) is 5.20. The Labute approximate surface area is 199 Å². The summed E-state index contributed by atoms with van der Waals surface area (Å²) in [7, 11) is 0.0776. The number of nitrogens with one attached hydrogen (secondary N) is 1. The van der Waals surface area contributed by atoms with Crippen LogP contribution in [0.2, 0.25) is 0 Å². The van der Waals surface area contributed by atoms with Crippen LogP contribution < -0.4 is 9.04 Å². The Morgan fingerprint density at radius 2 is 1.74 bits per heavy atom. The number of H-pyrrole nitrogens is 1. The van der Waals surface area contributed by atoms with Crippen molar-refractivity contribution in [2.45, 2.75) is 11.5 Å². The van der Waals surface area contributed by atoms with Crippen molar-refractivity contribution in [3.63, 3.8) is 0 Å². The van der Waals surface area contributed by atoms with Crippen molar-refractivity contribution in [2.75, 3.05) is 31.5 Å². The highest BCUT2D eigenvalue weighted by atomic mass is 32.2. The third-order valence-electron chi connectivity index (χ3n) is 5.24. The molecule has 0 saturated heterocycles. The van der Waals surface area contributed by atoms with E-state index in [9.17, 15) is 8.42 Å². The summed E-state index contributed by atoms with van der Waals surface area (Å²) in [5.74, 6) is 1.24. The molecule has 0 atom stereocenters. The molecule has 4 aromatic rings. The van der Waals surface area contributed by atoms with E-state index in [-0.39, 0.29) is 11.5 Å². The summed E-state index contributed by atoms with van der Waals surface area (Å²) in [6, 6.07) is 22.7. The fourth-order valence-corrected chi connectivity index (χ4v) is 4.92. The molecule has 0 unspecified atom stereocenters. The molecule has 9 heteroatoms. The van der Waals surface area contributed by atoms with Gasteiger partial charge in [0.25, 0.3) is 10.0 Å². The van der Waals surface area contributed by atoms with Crippen molar-refractivity contribution in [2.24, 2.45) is 0 Å². The van der Waals surface area contributed by atoms with Gasteiger partial charge in [0, 0.05) is 13.1 Å². The Kier molecular flexibility index (Phi) is 6.82. The predicted octanol–water partition coefficient (Wildman–Crippen LogP) is 3.77. The number of hydrogen-bond acceptors (Lipinski definition) is 6. The Morgan fingerprint density at radius 3 is 2.41 bits per heavy atom. The zero-order valence-electron chi connectivity index (χ0n) is 19.0. The number of aromatic amines is 1. The van der Waals surface area contributed by atoms with E-state index in [2.05, 4.69) is 16.0 Å². The molecule has 8 nitrogen and oxygen atoms in total. The molecule has 1 aromatic heterocycles. The number of likely N-dealkylation sites (N-methyl/N-ethyl adjacent to an activating group) is 1. The van der Waals surface area contributed by atoms with E-state index >= 15 is 0 Å². The van der Waals surface area contributed by atoms with Gasteiger partial charge in [-0.15, -0.1) is 0 Å². The van der Waals surface area contributed by atoms with Gasteiger partial charge in [-0.05, 0) is 68.7 Å². The quantitative estimate of drug-likeness (QED) is 0.395. The maximum atomic E-state index is 13.4. The van der Waals surface area contributed by atoms with Crippen molar-refractivity contribution in [1.29, 1.82) is 5.26 Å². The first kappa shape index (κ1) is 23.3. The Balaban J connectivity index is 1.60. The highest BCUT2D eigenvalue weighted by molar-refractivity contribution is 7.92. The molecule has 4 rings (SSSR count). The minimum atomic E-state index is -3.74. The Bertz CT molecular complexity index is 1410. The number of anilines is 1. The van der Waals surface area contributed by atoms with Crippen molar-refractivity contribution < 1.29 is 13.2 Å². The van der Waals surface area contributed by atoms with Crippen molar-refractivity contribution >= 4 is 26.7 Å². The molecule has 3 aromatic carbocycles. The van der Waals surface area contributed by atoms with E-state index in [1.54, 1.807) is 72.8 Å². The van der Waals surface area contributed by atoms with E-state index < -0.39 is 10.0 Å². The summed E-state index contributed by atoms with van der Waals surface area (Å²) in [4.78, 5) is 9.96. The van der Waals surface area contributed by atoms with Crippen LogP contribution >= 0.6 is 0 Å².